The molecule has 1 rings (SSSR count). The summed E-state index contributed by atoms with van der Waals surface area (Å²) in [4.78, 5) is 10.6. The quantitative estimate of drug-likeness (QED) is 0.704. The van der Waals surface area contributed by atoms with Crippen LogP contribution in [0, 0.1) is 6.92 Å². The van der Waals surface area contributed by atoms with E-state index in [2.05, 4.69) is 15.5 Å². The molecule has 0 saturated carbocycles. The number of amides is 1. The lowest BCUT2D eigenvalue weighted by Gasteiger charge is -2.01. The Bertz CT molecular complexity index is 305. The Morgan fingerprint density at radius 3 is 2.69 bits per heavy atom. The van der Waals surface area contributed by atoms with Gasteiger partial charge < -0.3 is 9.88 Å². The maximum atomic E-state index is 10.6. The monoisotopic (exact) mass is 182 g/mol. The zero-order chi connectivity index (χ0) is 9.84. The van der Waals surface area contributed by atoms with Crippen molar-refractivity contribution in [1.29, 1.82) is 0 Å². The molecule has 1 aromatic heterocycles. The molecule has 1 heterocycles. The normalized spacial score (nSPS) is 10.1. The molecule has 5 heteroatoms. The largest absolute Gasteiger partial charge is 0.356 e. The van der Waals surface area contributed by atoms with E-state index in [-0.39, 0.29) is 5.91 Å². The summed E-state index contributed by atoms with van der Waals surface area (Å²) in [6.07, 6.45) is 0.719. The third-order valence-corrected chi connectivity index (χ3v) is 1.91. The van der Waals surface area contributed by atoms with Gasteiger partial charge in [-0.15, -0.1) is 10.2 Å². The van der Waals surface area contributed by atoms with Gasteiger partial charge in [0, 0.05) is 26.9 Å². The molecule has 1 amide bonds. The van der Waals surface area contributed by atoms with Crippen LogP contribution < -0.4 is 5.32 Å². The summed E-state index contributed by atoms with van der Waals surface area (Å²) in [5.74, 6) is 1.77. The molecule has 0 bridgehead atoms. The lowest BCUT2D eigenvalue weighted by molar-refractivity contribution is -0.118. The Balaban J connectivity index is 2.45. The van der Waals surface area contributed by atoms with Gasteiger partial charge in [0.25, 0.3) is 0 Å². The standard InChI is InChI=1S/C8H14N4O/c1-6-10-11-8(12(6)3)4-5-9-7(2)13/h4-5H2,1-3H3,(H,9,13). The van der Waals surface area contributed by atoms with Crippen molar-refractivity contribution in [2.45, 2.75) is 20.3 Å². The average Bonchev–Trinajstić information content (AvgIpc) is 2.35. The van der Waals surface area contributed by atoms with Crippen molar-refractivity contribution in [3.05, 3.63) is 11.6 Å². The summed E-state index contributed by atoms with van der Waals surface area (Å²) >= 11 is 0. The Morgan fingerprint density at radius 2 is 2.23 bits per heavy atom. The summed E-state index contributed by atoms with van der Waals surface area (Å²) in [5.41, 5.74) is 0. The minimum absolute atomic E-state index is 0.0149. The molecule has 0 spiro atoms. The summed E-state index contributed by atoms with van der Waals surface area (Å²) in [5, 5.41) is 10.6. The van der Waals surface area contributed by atoms with Gasteiger partial charge in [0.05, 0.1) is 0 Å². The first-order chi connectivity index (χ1) is 6.11. The number of carbonyl (C=O) groups excluding carboxylic acids is 1. The third-order valence-electron chi connectivity index (χ3n) is 1.91. The van der Waals surface area contributed by atoms with Crippen LogP contribution in [-0.2, 0) is 18.3 Å². The van der Waals surface area contributed by atoms with E-state index in [0.717, 1.165) is 18.1 Å². The van der Waals surface area contributed by atoms with Crippen LogP contribution in [0.2, 0.25) is 0 Å². The molecule has 72 valence electrons. The van der Waals surface area contributed by atoms with Gasteiger partial charge in [-0.2, -0.15) is 0 Å². The number of hydrogen-bond acceptors (Lipinski definition) is 3. The molecule has 1 aromatic rings. The number of hydrogen-bond donors (Lipinski definition) is 1. The van der Waals surface area contributed by atoms with Crippen molar-refractivity contribution in [2.75, 3.05) is 6.54 Å². The Morgan fingerprint density at radius 1 is 1.54 bits per heavy atom. The van der Waals surface area contributed by atoms with Crippen LogP contribution in [0.25, 0.3) is 0 Å². The highest BCUT2D eigenvalue weighted by Gasteiger charge is 2.03. The lowest BCUT2D eigenvalue weighted by atomic mass is 10.4. The SMILES string of the molecule is CC(=O)NCCc1nnc(C)n1C. The minimum Gasteiger partial charge on any atom is -0.356 e. The van der Waals surface area contributed by atoms with Gasteiger partial charge in [-0.3, -0.25) is 4.79 Å². The van der Waals surface area contributed by atoms with Crippen molar-refractivity contribution in [2.24, 2.45) is 7.05 Å². The Hall–Kier alpha value is -1.39. The van der Waals surface area contributed by atoms with E-state index < -0.39 is 0 Å². The fraction of sp³-hybridized carbons (Fsp3) is 0.625. The predicted octanol–water partition coefficient (Wildman–Crippen LogP) is -0.198. The van der Waals surface area contributed by atoms with E-state index in [1.165, 1.54) is 6.92 Å². The average molecular weight is 182 g/mol. The fourth-order valence-corrected chi connectivity index (χ4v) is 1.02. The number of carbonyl (C=O) groups is 1. The van der Waals surface area contributed by atoms with Gasteiger partial charge in [-0.25, -0.2) is 0 Å². The van der Waals surface area contributed by atoms with Crippen molar-refractivity contribution >= 4 is 5.91 Å². The van der Waals surface area contributed by atoms with Crippen molar-refractivity contribution < 1.29 is 4.79 Å². The van der Waals surface area contributed by atoms with Gasteiger partial charge in [0.2, 0.25) is 5.91 Å². The zero-order valence-corrected chi connectivity index (χ0v) is 8.16. The first-order valence-corrected chi connectivity index (χ1v) is 4.20. The molecule has 0 aliphatic carbocycles. The van der Waals surface area contributed by atoms with Crippen LogP contribution in [0.15, 0.2) is 0 Å². The number of rotatable bonds is 3. The molecule has 5 nitrogen and oxygen atoms in total. The summed E-state index contributed by atoms with van der Waals surface area (Å²) in [6.45, 7) is 4.01. The van der Waals surface area contributed by atoms with E-state index in [1.54, 1.807) is 0 Å². The van der Waals surface area contributed by atoms with Gasteiger partial charge in [0.1, 0.15) is 11.6 Å². The maximum absolute atomic E-state index is 10.6. The first-order valence-electron chi connectivity index (χ1n) is 4.20. The molecular weight excluding hydrogens is 168 g/mol. The van der Waals surface area contributed by atoms with Crippen molar-refractivity contribution in [3.63, 3.8) is 0 Å². The highest BCUT2D eigenvalue weighted by atomic mass is 16.1. The molecule has 0 aromatic carbocycles. The first kappa shape index (κ1) is 9.70. The summed E-state index contributed by atoms with van der Waals surface area (Å²) in [7, 11) is 1.92. The maximum Gasteiger partial charge on any atom is 0.216 e. The van der Waals surface area contributed by atoms with Crippen LogP contribution in [0.5, 0.6) is 0 Å². The van der Waals surface area contributed by atoms with Gasteiger partial charge in [-0.05, 0) is 6.92 Å². The molecule has 0 fully saturated rings. The number of aryl methyl sites for hydroxylation is 1. The highest BCUT2D eigenvalue weighted by molar-refractivity contribution is 5.72. The van der Waals surface area contributed by atoms with Crippen LogP contribution in [0.3, 0.4) is 0 Å². The summed E-state index contributed by atoms with van der Waals surface area (Å²) in [6, 6.07) is 0. The topological polar surface area (TPSA) is 59.8 Å². The van der Waals surface area contributed by atoms with Gasteiger partial charge >= 0.3 is 0 Å². The van der Waals surface area contributed by atoms with E-state index in [4.69, 9.17) is 0 Å². The molecule has 0 radical (unpaired) electrons. The molecule has 0 unspecified atom stereocenters. The molecule has 13 heavy (non-hydrogen) atoms. The third kappa shape index (κ3) is 2.54. The van der Waals surface area contributed by atoms with Crippen LogP contribution in [0.1, 0.15) is 18.6 Å². The Kier molecular flexibility index (Phi) is 3.00. The molecular formula is C8H14N4O. The fourth-order valence-electron chi connectivity index (χ4n) is 1.02. The molecule has 0 aliphatic rings. The molecule has 1 N–H and O–H groups in total. The zero-order valence-electron chi connectivity index (χ0n) is 8.16. The molecule has 0 atom stereocenters. The van der Waals surface area contributed by atoms with Crippen LogP contribution in [-0.4, -0.2) is 27.2 Å². The number of aromatic nitrogens is 3. The second-order valence-electron chi connectivity index (χ2n) is 2.96. The van der Waals surface area contributed by atoms with Gasteiger partial charge in [0.15, 0.2) is 0 Å². The van der Waals surface area contributed by atoms with E-state index in [1.807, 2.05) is 18.5 Å². The van der Waals surface area contributed by atoms with Gasteiger partial charge in [-0.1, -0.05) is 0 Å². The van der Waals surface area contributed by atoms with Crippen LogP contribution >= 0.6 is 0 Å². The van der Waals surface area contributed by atoms with Crippen molar-refractivity contribution in [3.8, 4) is 0 Å². The number of nitrogens with one attached hydrogen (secondary N) is 1. The smallest absolute Gasteiger partial charge is 0.216 e. The lowest BCUT2D eigenvalue weighted by Crippen LogP contribution is -2.23. The second-order valence-corrected chi connectivity index (χ2v) is 2.96. The second kappa shape index (κ2) is 4.02. The predicted molar refractivity (Wildman–Crippen MR) is 48.1 cm³/mol. The Labute approximate surface area is 77.2 Å². The number of nitrogens with zero attached hydrogens (tertiary/aromatic N) is 3. The molecule has 0 aliphatic heterocycles. The van der Waals surface area contributed by atoms with E-state index in [9.17, 15) is 4.79 Å². The van der Waals surface area contributed by atoms with Crippen molar-refractivity contribution in [1.82, 2.24) is 20.1 Å². The molecule has 0 saturated heterocycles. The van der Waals surface area contributed by atoms with Crippen LogP contribution in [0.4, 0.5) is 0 Å². The van der Waals surface area contributed by atoms with E-state index in [0.29, 0.717) is 6.54 Å². The minimum atomic E-state index is -0.0149. The summed E-state index contributed by atoms with van der Waals surface area (Å²) < 4.78 is 1.92. The highest BCUT2D eigenvalue weighted by Crippen LogP contribution is 1.96. The van der Waals surface area contributed by atoms with E-state index >= 15 is 0 Å².